The molecule has 5 nitrogen and oxygen atoms in total. The monoisotopic (exact) mass is 292 g/mol. The maximum atomic E-state index is 12.0. The molecule has 5 heteroatoms. The maximum absolute atomic E-state index is 12.0. The van der Waals surface area contributed by atoms with Crippen molar-refractivity contribution in [1.82, 2.24) is 4.90 Å². The lowest BCUT2D eigenvalue weighted by atomic mass is 10.1. The van der Waals surface area contributed by atoms with E-state index in [2.05, 4.69) is 0 Å². The number of primary amides is 1. The van der Waals surface area contributed by atoms with Crippen molar-refractivity contribution in [3.8, 4) is 5.75 Å². The van der Waals surface area contributed by atoms with Crippen molar-refractivity contribution in [1.29, 1.82) is 0 Å². The molecule has 0 heterocycles. The van der Waals surface area contributed by atoms with Gasteiger partial charge in [-0.2, -0.15) is 0 Å². The van der Waals surface area contributed by atoms with Crippen LogP contribution in [0.2, 0.25) is 0 Å². The van der Waals surface area contributed by atoms with Crippen molar-refractivity contribution in [3.05, 3.63) is 29.8 Å². The van der Waals surface area contributed by atoms with Crippen LogP contribution in [0.5, 0.6) is 5.75 Å². The largest absolute Gasteiger partial charge is 0.497 e. The summed E-state index contributed by atoms with van der Waals surface area (Å²) >= 11 is 0. The van der Waals surface area contributed by atoms with Crippen LogP contribution < -0.4 is 10.5 Å². The van der Waals surface area contributed by atoms with E-state index in [0.717, 1.165) is 18.6 Å². The second-order valence-electron chi connectivity index (χ2n) is 5.23. The quantitative estimate of drug-likeness (QED) is 0.793. The molecule has 0 aliphatic carbocycles. The zero-order valence-electron chi connectivity index (χ0n) is 13.0. The maximum Gasteiger partial charge on any atom is 0.222 e. The summed E-state index contributed by atoms with van der Waals surface area (Å²) in [7, 11) is 3.35. The predicted octanol–water partition coefficient (Wildman–Crippen LogP) is 1.74. The first-order chi connectivity index (χ1) is 9.93. The van der Waals surface area contributed by atoms with Gasteiger partial charge in [0.25, 0.3) is 0 Å². The topological polar surface area (TPSA) is 72.6 Å². The molecule has 1 aromatic rings. The fraction of sp³-hybridized carbons (Fsp3) is 0.500. The standard InChI is InChI=1S/C16H24N2O3/c1-12(11-15(17)19)18(2)16(20)6-4-5-13-7-9-14(21-3)10-8-13/h7-10,12H,4-6,11H2,1-3H3,(H2,17,19). The summed E-state index contributed by atoms with van der Waals surface area (Å²) in [5, 5.41) is 0. The van der Waals surface area contributed by atoms with E-state index in [-0.39, 0.29) is 24.3 Å². The number of benzene rings is 1. The van der Waals surface area contributed by atoms with E-state index >= 15 is 0 Å². The summed E-state index contributed by atoms with van der Waals surface area (Å²) in [6, 6.07) is 7.68. The minimum Gasteiger partial charge on any atom is -0.497 e. The molecular weight excluding hydrogens is 268 g/mol. The van der Waals surface area contributed by atoms with Crippen LogP contribution >= 0.6 is 0 Å². The molecule has 2 amide bonds. The third-order valence-electron chi connectivity index (χ3n) is 3.57. The van der Waals surface area contributed by atoms with Crippen molar-refractivity contribution < 1.29 is 14.3 Å². The zero-order chi connectivity index (χ0) is 15.8. The van der Waals surface area contributed by atoms with Crippen molar-refractivity contribution in [2.75, 3.05) is 14.2 Å². The highest BCUT2D eigenvalue weighted by Crippen LogP contribution is 2.14. The van der Waals surface area contributed by atoms with Crippen molar-refractivity contribution in [2.45, 2.75) is 38.6 Å². The molecule has 0 aliphatic rings. The highest BCUT2D eigenvalue weighted by Gasteiger charge is 2.16. The zero-order valence-corrected chi connectivity index (χ0v) is 13.0. The van der Waals surface area contributed by atoms with Gasteiger partial charge in [0.1, 0.15) is 5.75 Å². The summed E-state index contributed by atoms with van der Waals surface area (Å²) in [6.45, 7) is 1.83. The Kier molecular flexibility index (Phi) is 6.72. The summed E-state index contributed by atoms with van der Waals surface area (Å²) in [5.41, 5.74) is 6.32. The normalized spacial score (nSPS) is 11.8. The van der Waals surface area contributed by atoms with Gasteiger partial charge in [0, 0.05) is 25.9 Å². The second kappa shape index (κ2) is 8.29. The third-order valence-corrected chi connectivity index (χ3v) is 3.57. The molecule has 0 radical (unpaired) electrons. The molecule has 0 saturated heterocycles. The number of rotatable bonds is 8. The molecule has 0 bridgehead atoms. The van der Waals surface area contributed by atoms with Crippen LogP contribution in [-0.2, 0) is 16.0 Å². The van der Waals surface area contributed by atoms with Crippen LogP contribution in [0.1, 0.15) is 31.7 Å². The molecule has 0 aromatic heterocycles. The van der Waals surface area contributed by atoms with Gasteiger partial charge in [0.2, 0.25) is 11.8 Å². The first kappa shape index (κ1) is 17.0. The van der Waals surface area contributed by atoms with Gasteiger partial charge in [0.15, 0.2) is 0 Å². The fourth-order valence-corrected chi connectivity index (χ4v) is 2.09. The first-order valence-corrected chi connectivity index (χ1v) is 7.11. The summed E-state index contributed by atoms with van der Waals surface area (Å²) < 4.78 is 5.10. The smallest absolute Gasteiger partial charge is 0.222 e. The number of hydrogen-bond donors (Lipinski definition) is 1. The van der Waals surface area contributed by atoms with Crippen LogP contribution in [0.3, 0.4) is 0 Å². The Morgan fingerprint density at radius 2 is 1.90 bits per heavy atom. The minimum atomic E-state index is -0.389. The summed E-state index contributed by atoms with van der Waals surface area (Å²) in [4.78, 5) is 24.5. The number of amides is 2. The van der Waals surface area contributed by atoms with Gasteiger partial charge in [-0.3, -0.25) is 9.59 Å². The van der Waals surface area contributed by atoms with Crippen LogP contribution in [-0.4, -0.2) is 36.9 Å². The van der Waals surface area contributed by atoms with E-state index in [0.29, 0.717) is 6.42 Å². The van der Waals surface area contributed by atoms with E-state index < -0.39 is 0 Å². The molecule has 1 unspecified atom stereocenters. The molecule has 1 rings (SSSR count). The molecule has 0 saturated carbocycles. The average molecular weight is 292 g/mol. The lowest BCUT2D eigenvalue weighted by Crippen LogP contribution is -2.37. The Morgan fingerprint density at radius 3 is 2.43 bits per heavy atom. The van der Waals surface area contributed by atoms with E-state index in [1.807, 2.05) is 31.2 Å². The third kappa shape index (κ3) is 5.85. The average Bonchev–Trinajstić information content (AvgIpc) is 2.46. The van der Waals surface area contributed by atoms with Crippen LogP contribution in [0, 0.1) is 0 Å². The van der Waals surface area contributed by atoms with Crippen LogP contribution in [0.25, 0.3) is 0 Å². The van der Waals surface area contributed by atoms with E-state index in [1.165, 1.54) is 5.56 Å². The highest BCUT2D eigenvalue weighted by molar-refractivity contribution is 5.78. The molecule has 0 spiro atoms. The molecular formula is C16H24N2O3. The van der Waals surface area contributed by atoms with Crippen molar-refractivity contribution in [3.63, 3.8) is 0 Å². The summed E-state index contributed by atoms with van der Waals surface area (Å²) in [5.74, 6) is 0.479. The predicted molar refractivity (Wildman–Crippen MR) is 82.0 cm³/mol. The highest BCUT2D eigenvalue weighted by atomic mass is 16.5. The Morgan fingerprint density at radius 1 is 1.29 bits per heavy atom. The van der Waals surface area contributed by atoms with Gasteiger partial charge in [-0.25, -0.2) is 0 Å². The molecule has 21 heavy (non-hydrogen) atoms. The number of ether oxygens (including phenoxy) is 1. The molecule has 1 aromatic carbocycles. The number of nitrogens with two attached hydrogens (primary N) is 1. The lowest BCUT2D eigenvalue weighted by molar-refractivity contribution is -0.132. The van der Waals surface area contributed by atoms with Crippen LogP contribution in [0.15, 0.2) is 24.3 Å². The Hall–Kier alpha value is -2.04. The molecule has 2 N–H and O–H groups in total. The first-order valence-electron chi connectivity index (χ1n) is 7.11. The van der Waals surface area contributed by atoms with Gasteiger partial charge < -0.3 is 15.4 Å². The minimum absolute atomic E-state index is 0.0391. The number of carbonyl (C=O) groups is 2. The Bertz CT molecular complexity index is 471. The van der Waals surface area contributed by atoms with Crippen molar-refractivity contribution in [2.24, 2.45) is 5.73 Å². The van der Waals surface area contributed by atoms with Gasteiger partial charge >= 0.3 is 0 Å². The molecule has 116 valence electrons. The number of carbonyl (C=O) groups excluding carboxylic acids is 2. The Balaban J connectivity index is 2.36. The molecule has 0 fully saturated rings. The molecule has 1 atom stereocenters. The lowest BCUT2D eigenvalue weighted by Gasteiger charge is -2.24. The van der Waals surface area contributed by atoms with Gasteiger partial charge in [-0.1, -0.05) is 12.1 Å². The summed E-state index contributed by atoms with van der Waals surface area (Å²) in [6.07, 6.45) is 2.28. The second-order valence-corrected chi connectivity index (χ2v) is 5.23. The van der Waals surface area contributed by atoms with Gasteiger partial charge in [0.05, 0.1) is 7.11 Å². The number of nitrogens with zero attached hydrogens (tertiary/aromatic N) is 1. The SMILES string of the molecule is COc1ccc(CCCC(=O)N(C)C(C)CC(N)=O)cc1. The van der Waals surface area contributed by atoms with E-state index in [9.17, 15) is 9.59 Å². The van der Waals surface area contributed by atoms with Gasteiger partial charge in [-0.15, -0.1) is 0 Å². The van der Waals surface area contributed by atoms with E-state index in [1.54, 1.807) is 19.1 Å². The van der Waals surface area contributed by atoms with E-state index in [4.69, 9.17) is 10.5 Å². The molecule has 0 aliphatic heterocycles. The Labute approximate surface area is 126 Å². The fourth-order valence-electron chi connectivity index (χ4n) is 2.09. The van der Waals surface area contributed by atoms with Crippen LogP contribution in [0.4, 0.5) is 0 Å². The number of methoxy groups -OCH3 is 1. The number of aryl methyl sites for hydroxylation is 1. The number of hydrogen-bond acceptors (Lipinski definition) is 3. The van der Waals surface area contributed by atoms with Crippen molar-refractivity contribution >= 4 is 11.8 Å². The van der Waals surface area contributed by atoms with Gasteiger partial charge in [-0.05, 0) is 37.5 Å².